The SMILES string of the molecule is NS(=O)(=O)CCNC(=O)Nc1ccc(-c2ccc(NCCCN3C(=O)c4cccc5cccc(c45)C3O)cc2)cc1. The molecule has 5 rings (SSSR count). The molecular formula is C30H31N5O5S. The average Bonchev–Trinajstić information content (AvgIpc) is 2.95. The maximum atomic E-state index is 13.1. The van der Waals surface area contributed by atoms with Crippen LogP contribution in [0.15, 0.2) is 84.9 Å². The van der Waals surface area contributed by atoms with Gasteiger partial charge in [-0.2, -0.15) is 0 Å². The largest absolute Gasteiger partial charge is 0.385 e. The first-order valence-electron chi connectivity index (χ1n) is 13.2. The number of anilines is 2. The number of nitrogens with two attached hydrogens (primary N) is 1. The van der Waals surface area contributed by atoms with E-state index in [1.54, 1.807) is 12.1 Å². The summed E-state index contributed by atoms with van der Waals surface area (Å²) < 4.78 is 21.9. The van der Waals surface area contributed by atoms with E-state index in [0.717, 1.165) is 33.2 Å². The van der Waals surface area contributed by atoms with Gasteiger partial charge in [0.15, 0.2) is 6.23 Å². The molecular weight excluding hydrogens is 542 g/mol. The number of urea groups is 1. The van der Waals surface area contributed by atoms with Gasteiger partial charge in [-0.3, -0.25) is 4.79 Å². The standard InChI is InChI=1S/C30H31N5O5S/c31-41(39,40)19-17-33-30(38)34-24-14-10-21(11-15-24)20-8-12-23(13-9-20)32-16-3-18-35-28(36)25-6-1-4-22-5-2-7-26(27(22)25)29(35)37/h1-2,4-15,28,32,36H,3,16-19H2,(H2,31,39,40)(H2,33,34,38). The first-order chi connectivity index (χ1) is 19.7. The second kappa shape index (κ2) is 12.0. The number of sulfonamides is 1. The molecule has 1 heterocycles. The zero-order valence-corrected chi connectivity index (χ0v) is 23.0. The smallest absolute Gasteiger partial charge is 0.319 e. The molecule has 0 radical (unpaired) electrons. The van der Waals surface area contributed by atoms with Crippen LogP contribution < -0.4 is 21.1 Å². The Hall–Kier alpha value is -4.45. The van der Waals surface area contributed by atoms with E-state index in [4.69, 9.17) is 5.14 Å². The maximum Gasteiger partial charge on any atom is 0.319 e. The van der Waals surface area contributed by atoms with E-state index >= 15 is 0 Å². The quantitative estimate of drug-likeness (QED) is 0.182. The van der Waals surface area contributed by atoms with Crippen LogP contribution in [0.5, 0.6) is 0 Å². The van der Waals surface area contributed by atoms with E-state index in [9.17, 15) is 23.1 Å². The number of rotatable bonds is 10. The van der Waals surface area contributed by atoms with E-state index in [1.165, 1.54) is 4.90 Å². The monoisotopic (exact) mass is 573 g/mol. The third kappa shape index (κ3) is 6.65. The molecule has 1 aliphatic rings. The number of aliphatic hydroxyl groups is 1. The summed E-state index contributed by atoms with van der Waals surface area (Å²) in [6.45, 7) is 0.967. The number of benzene rings is 4. The Bertz CT molecular complexity index is 1670. The molecule has 212 valence electrons. The Morgan fingerprint density at radius 2 is 1.51 bits per heavy atom. The number of carbonyl (C=O) groups is 2. The number of primary sulfonamides is 1. The minimum absolute atomic E-state index is 0.0765. The predicted octanol–water partition coefficient (Wildman–Crippen LogP) is 3.87. The number of amides is 3. The molecule has 1 atom stereocenters. The molecule has 0 bridgehead atoms. The highest BCUT2D eigenvalue weighted by molar-refractivity contribution is 7.89. The van der Waals surface area contributed by atoms with E-state index in [0.29, 0.717) is 30.8 Å². The fourth-order valence-corrected chi connectivity index (χ4v) is 5.30. The number of hydrogen-bond acceptors (Lipinski definition) is 6. The minimum Gasteiger partial charge on any atom is -0.385 e. The van der Waals surface area contributed by atoms with Crippen LogP contribution in [0.4, 0.5) is 16.2 Å². The summed E-state index contributed by atoms with van der Waals surface area (Å²) in [6, 6.07) is 26.0. The van der Waals surface area contributed by atoms with Crippen molar-refractivity contribution < 1.29 is 23.1 Å². The van der Waals surface area contributed by atoms with Crippen molar-refractivity contribution in [3.05, 3.63) is 96.1 Å². The van der Waals surface area contributed by atoms with Crippen molar-refractivity contribution in [2.45, 2.75) is 12.6 Å². The van der Waals surface area contributed by atoms with Gasteiger partial charge in [0.2, 0.25) is 10.0 Å². The van der Waals surface area contributed by atoms with Crippen molar-refractivity contribution in [3.63, 3.8) is 0 Å². The number of nitrogens with zero attached hydrogens (tertiary/aromatic N) is 1. The average molecular weight is 574 g/mol. The highest BCUT2D eigenvalue weighted by Gasteiger charge is 2.32. The third-order valence-corrected chi connectivity index (χ3v) is 7.71. The molecule has 0 saturated heterocycles. The number of nitrogens with one attached hydrogen (secondary N) is 3. The minimum atomic E-state index is -3.63. The lowest BCUT2D eigenvalue weighted by molar-refractivity contribution is 0.00484. The van der Waals surface area contributed by atoms with Crippen LogP contribution in [-0.4, -0.2) is 55.7 Å². The van der Waals surface area contributed by atoms with Crippen LogP contribution in [0.2, 0.25) is 0 Å². The number of aliphatic hydroxyl groups excluding tert-OH is 1. The molecule has 6 N–H and O–H groups in total. The molecule has 1 aliphatic heterocycles. The second-order valence-electron chi connectivity index (χ2n) is 9.81. The fraction of sp³-hybridized carbons (Fsp3) is 0.200. The zero-order valence-electron chi connectivity index (χ0n) is 22.2. The maximum absolute atomic E-state index is 13.1. The van der Waals surface area contributed by atoms with Crippen molar-refractivity contribution in [2.24, 2.45) is 5.14 Å². The van der Waals surface area contributed by atoms with Crippen LogP contribution in [0.25, 0.3) is 21.9 Å². The molecule has 10 nitrogen and oxygen atoms in total. The lowest BCUT2D eigenvalue weighted by atomic mass is 9.93. The lowest BCUT2D eigenvalue weighted by Gasteiger charge is -2.33. The highest BCUT2D eigenvalue weighted by atomic mass is 32.2. The van der Waals surface area contributed by atoms with Gasteiger partial charge in [0, 0.05) is 47.5 Å². The van der Waals surface area contributed by atoms with Gasteiger partial charge >= 0.3 is 6.03 Å². The van der Waals surface area contributed by atoms with E-state index in [-0.39, 0.29) is 18.2 Å². The summed E-state index contributed by atoms with van der Waals surface area (Å²) in [5.41, 5.74) is 4.84. The van der Waals surface area contributed by atoms with Gasteiger partial charge in [0.25, 0.3) is 5.91 Å². The fourth-order valence-electron chi connectivity index (χ4n) is 4.91. The van der Waals surface area contributed by atoms with Crippen LogP contribution >= 0.6 is 0 Å². The Balaban J connectivity index is 1.10. The molecule has 0 saturated carbocycles. The molecule has 0 fully saturated rings. The van der Waals surface area contributed by atoms with E-state index in [2.05, 4.69) is 16.0 Å². The Morgan fingerprint density at radius 3 is 2.17 bits per heavy atom. The van der Waals surface area contributed by atoms with Crippen molar-refractivity contribution in [3.8, 4) is 11.1 Å². The van der Waals surface area contributed by atoms with Crippen molar-refractivity contribution in [1.29, 1.82) is 0 Å². The Morgan fingerprint density at radius 1 is 0.878 bits per heavy atom. The molecule has 0 spiro atoms. The lowest BCUT2D eigenvalue weighted by Crippen LogP contribution is -2.39. The molecule has 0 aliphatic carbocycles. The topological polar surface area (TPSA) is 154 Å². The summed E-state index contributed by atoms with van der Waals surface area (Å²) in [5, 5.41) is 26.1. The molecule has 3 amide bonds. The second-order valence-corrected chi connectivity index (χ2v) is 11.5. The van der Waals surface area contributed by atoms with Crippen molar-refractivity contribution in [1.82, 2.24) is 10.2 Å². The highest BCUT2D eigenvalue weighted by Crippen LogP contribution is 2.35. The Kier molecular flexibility index (Phi) is 8.20. The summed E-state index contributed by atoms with van der Waals surface area (Å²) in [7, 11) is -3.63. The number of hydrogen-bond donors (Lipinski definition) is 5. The van der Waals surface area contributed by atoms with Gasteiger partial charge in [0.05, 0.1) is 5.75 Å². The van der Waals surface area contributed by atoms with Crippen molar-refractivity contribution >= 4 is 44.1 Å². The molecule has 4 aromatic carbocycles. The normalized spacial score (nSPS) is 14.6. The summed E-state index contributed by atoms with van der Waals surface area (Å²) >= 11 is 0. The van der Waals surface area contributed by atoms with Crippen molar-refractivity contribution in [2.75, 3.05) is 36.0 Å². The molecule has 0 aromatic heterocycles. The predicted molar refractivity (Wildman–Crippen MR) is 160 cm³/mol. The van der Waals surface area contributed by atoms with Gasteiger partial charge in [-0.1, -0.05) is 54.6 Å². The van der Waals surface area contributed by atoms with Crippen LogP contribution in [0, 0.1) is 0 Å². The first kappa shape index (κ1) is 28.1. The summed E-state index contributed by atoms with van der Waals surface area (Å²) in [5.74, 6) is -0.493. The molecule has 41 heavy (non-hydrogen) atoms. The summed E-state index contributed by atoms with van der Waals surface area (Å²) in [4.78, 5) is 26.5. The van der Waals surface area contributed by atoms with Gasteiger partial charge in [0.1, 0.15) is 0 Å². The molecule has 1 unspecified atom stereocenters. The van der Waals surface area contributed by atoms with Gasteiger partial charge < -0.3 is 26.0 Å². The summed E-state index contributed by atoms with van der Waals surface area (Å²) in [6.07, 6.45) is -0.307. The third-order valence-electron chi connectivity index (χ3n) is 6.94. The van der Waals surface area contributed by atoms with Crippen LogP contribution in [-0.2, 0) is 10.0 Å². The van der Waals surface area contributed by atoms with Crippen LogP contribution in [0.1, 0.15) is 28.6 Å². The van der Waals surface area contributed by atoms with Gasteiger partial charge in [-0.05, 0) is 53.3 Å². The van der Waals surface area contributed by atoms with E-state index in [1.807, 2.05) is 72.8 Å². The molecule has 11 heteroatoms. The van der Waals surface area contributed by atoms with E-state index < -0.39 is 22.3 Å². The molecule has 4 aromatic rings. The van der Waals surface area contributed by atoms with Crippen LogP contribution in [0.3, 0.4) is 0 Å². The van der Waals surface area contributed by atoms with Gasteiger partial charge in [-0.15, -0.1) is 0 Å². The Labute approximate surface area is 238 Å². The van der Waals surface area contributed by atoms with Gasteiger partial charge in [-0.25, -0.2) is 18.4 Å². The first-order valence-corrected chi connectivity index (χ1v) is 14.9. The zero-order chi connectivity index (χ0) is 29.0. The number of carbonyl (C=O) groups excluding carboxylic acids is 2.